The number of sulfonamides is 1. The first-order valence-electron chi connectivity index (χ1n) is 5.16. The van der Waals surface area contributed by atoms with Gasteiger partial charge in [-0.3, -0.25) is 4.79 Å². The quantitative estimate of drug-likeness (QED) is 0.842. The molecule has 19 heavy (non-hydrogen) atoms. The van der Waals surface area contributed by atoms with Crippen molar-refractivity contribution < 1.29 is 13.2 Å². The zero-order valence-electron chi connectivity index (χ0n) is 9.65. The van der Waals surface area contributed by atoms with E-state index in [0.717, 1.165) is 0 Å². The first-order chi connectivity index (χ1) is 8.98. The largest absolute Gasteiger partial charge is 0.321 e. The number of anilines is 1. The molecule has 1 heterocycles. The molecular formula is C11H10N4O3S. The number of para-hydroxylation sites is 1. The van der Waals surface area contributed by atoms with Crippen molar-refractivity contribution in [3.8, 4) is 0 Å². The van der Waals surface area contributed by atoms with Crippen LogP contribution in [0.25, 0.3) is 0 Å². The summed E-state index contributed by atoms with van der Waals surface area (Å²) in [4.78, 5) is 19.1. The number of hydrogen-bond donors (Lipinski definition) is 2. The minimum atomic E-state index is -3.91. The van der Waals surface area contributed by atoms with Crippen molar-refractivity contribution in [2.75, 3.05) is 5.32 Å². The third kappa shape index (κ3) is 3.12. The summed E-state index contributed by atoms with van der Waals surface area (Å²) < 4.78 is 22.7. The van der Waals surface area contributed by atoms with Gasteiger partial charge in [0.15, 0.2) is 0 Å². The number of rotatable bonds is 3. The average Bonchev–Trinajstić information content (AvgIpc) is 2.39. The molecule has 3 N–H and O–H groups in total. The first kappa shape index (κ1) is 13.1. The van der Waals surface area contributed by atoms with Crippen molar-refractivity contribution in [2.24, 2.45) is 5.14 Å². The standard InChI is InChI=1S/C11H10N4O3S/c12-19(17,18)10-4-2-1-3-9(10)15-11(16)8-5-13-7-14-6-8/h1-7H,(H,15,16)(H2,12,17,18). The Labute approximate surface area is 109 Å². The van der Waals surface area contributed by atoms with Crippen LogP contribution in [0.4, 0.5) is 5.69 Å². The third-order valence-electron chi connectivity index (χ3n) is 2.26. The number of aromatic nitrogens is 2. The van der Waals surface area contributed by atoms with Gasteiger partial charge >= 0.3 is 0 Å². The van der Waals surface area contributed by atoms with E-state index in [2.05, 4.69) is 15.3 Å². The molecule has 0 saturated carbocycles. The highest BCUT2D eigenvalue weighted by Crippen LogP contribution is 2.19. The van der Waals surface area contributed by atoms with Gasteiger partial charge in [-0.25, -0.2) is 23.5 Å². The summed E-state index contributed by atoms with van der Waals surface area (Å²) in [5.41, 5.74) is 0.325. The van der Waals surface area contributed by atoms with Gasteiger partial charge in [-0.15, -0.1) is 0 Å². The molecule has 0 bridgehead atoms. The number of amides is 1. The van der Waals surface area contributed by atoms with Crippen molar-refractivity contribution in [3.05, 3.63) is 48.5 Å². The first-order valence-corrected chi connectivity index (χ1v) is 6.71. The van der Waals surface area contributed by atoms with E-state index in [1.807, 2.05) is 0 Å². The summed E-state index contributed by atoms with van der Waals surface area (Å²) in [6, 6.07) is 5.86. The third-order valence-corrected chi connectivity index (χ3v) is 3.23. The van der Waals surface area contributed by atoms with Crippen LogP contribution in [0.2, 0.25) is 0 Å². The smallest absolute Gasteiger partial charge is 0.258 e. The van der Waals surface area contributed by atoms with E-state index >= 15 is 0 Å². The van der Waals surface area contributed by atoms with Crippen LogP contribution >= 0.6 is 0 Å². The second kappa shape index (κ2) is 5.12. The summed E-state index contributed by atoms with van der Waals surface area (Å²) in [6.07, 6.45) is 3.93. The molecule has 8 heteroatoms. The van der Waals surface area contributed by atoms with Gasteiger partial charge < -0.3 is 5.32 Å². The van der Waals surface area contributed by atoms with E-state index < -0.39 is 15.9 Å². The summed E-state index contributed by atoms with van der Waals surface area (Å²) in [6.45, 7) is 0. The van der Waals surface area contributed by atoms with E-state index in [4.69, 9.17) is 5.14 Å². The Morgan fingerprint density at radius 2 is 1.79 bits per heavy atom. The van der Waals surface area contributed by atoms with Crippen LogP contribution in [0.1, 0.15) is 10.4 Å². The average molecular weight is 278 g/mol. The fourth-order valence-corrected chi connectivity index (χ4v) is 2.12. The second-order valence-corrected chi connectivity index (χ2v) is 5.15. The molecule has 98 valence electrons. The van der Waals surface area contributed by atoms with Gasteiger partial charge in [0.05, 0.1) is 11.3 Å². The van der Waals surface area contributed by atoms with Crippen LogP contribution in [0, 0.1) is 0 Å². The number of nitrogens with one attached hydrogen (secondary N) is 1. The number of carbonyl (C=O) groups is 1. The van der Waals surface area contributed by atoms with Crippen LogP contribution in [-0.4, -0.2) is 24.3 Å². The van der Waals surface area contributed by atoms with E-state index in [9.17, 15) is 13.2 Å². The monoisotopic (exact) mass is 278 g/mol. The Morgan fingerprint density at radius 3 is 2.42 bits per heavy atom. The van der Waals surface area contributed by atoms with Gasteiger partial charge in [-0.05, 0) is 12.1 Å². The molecule has 0 fully saturated rings. The minimum Gasteiger partial charge on any atom is -0.321 e. The summed E-state index contributed by atoms with van der Waals surface area (Å²) in [5.74, 6) is -0.517. The number of nitrogens with zero attached hydrogens (tertiary/aromatic N) is 2. The van der Waals surface area contributed by atoms with Crippen LogP contribution in [0.15, 0.2) is 47.9 Å². The maximum absolute atomic E-state index is 11.9. The molecule has 0 radical (unpaired) electrons. The number of benzene rings is 1. The van der Waals surface area contributed by atoms with Crippen LogP contribution in [0.3, 0.4) is 0 Å². The molecule has 0 atom stereocenters. The Balaban J connectivity index is 2.33. The molecule has 0 saturated heterocycles. The lowest BCUT2D eigenvalue weighted by molar-refractivity contribution is 0.102. The van der Waals surface area contributed by atoms with Crippen molar-refractivity contribution >= 4 is 21.6 Å². The van der Waals surface area contributed by atoms with Gasteiger partial charge in [0.25, 0.3) is 5.91 Å². The lowest BCUT2D eigenvalue weighted by Crippen LogP contribution is -2.18. The normalized spacial score (nSPS) is 11.0. The van der Waals surface area contributed by atoms with Crippen molar-refractivity contribution in [1.82, 2.24) is 9.97 Å². The van der Waals surface area contributed by atoms with E-state index in [0.29, 0.717) is 0 Å². The van der Waals surface area contributed by atoms with Crippen LogP contribution in [-0.2, 0) is 10.0 Å². The maximum Gasteiger partial charge on any atom is 0.258 e. The van der Waals surface area contributed by atoms with Crippen molar-refractivity contribution in [1.29, 1.82) is 0 Å². The lowest BCUT2D eigenvalue weighted by Gasteiger charge is -2.08. The van der Waals surface area contributed by atoms with Gasteiger partial charge in [-0.1, -0.05) is 12.1 Å². The van der Waals surface area contributed by atoms with E-state index in [1.165, 1.54) is 36.9 Å². The predicted octanol–water partition coefficient (Wildman–Crippen LogP) is 0.376. The van der Waals surface area contributed by atoms with Crippen LogP contribution in [0.5, 0.6) is 0 Å². The molecule has 0 spiro atoms. The number of hydrogen-bond acceptors (Lipinski definition) is 5. The predicted molar refractivity (Wildman–Crippen MR) is 67.8 cm³/mol. The molecule has 1 amide bonds. The highest BCUT2D eigenvalue weighted by Gasteiger charge is 2.15. The van der Waals surface area contributed by atoms with Gasteiger partial charge in [0.2, 0.25) is 10.0 Å². The van der Waals surface area contributed by atoms with E-state index in [-0.39, 0.29) is 16.1 Å². The Bertz CT molecular complexity index is 701. The Kier molecular flexibility index (Phi) is 3.54. The molecule has 2 rings (SSSR count). The Hall–Kier alpha value is -2.32. The molecule has 0 aliphatic carbocycles. The summed E-state index contributed by atoms with van der Waals surface area (Å²) in [7, 11) is -3.91. The zero-order chi connectivity index (χ0) is 13.9. The second-order valence-electron chi connectivity index (χ2n) is 3.62. The SMILES string of the molecule is NS(=O)(=O)c1ccccc1NC(=O)c1cncnc1. The van der Waals surface area contributed by atoms with Crippen molar-refractivity contribution in [3.63, 3.8) is 0 Å². The molecule has 2 aromatic rings. The van der Waals surface area contributed by atoms with Gasteiger partial charge in [-0.2, -0.15) is 0 Å². The number of nitrogens with two attached hydrogens (primary N) is 1. The van der Waals surface area contributed by atoms with Crippen molar-refractivity contribution in [2.45, 2.75) is 4.90 Å². The minimum absolute atomic E-state index is 0.110. The topological polar surface area (TPSA) is 115 Å². The molecular weight excluding hydrogens is 268 g/mol. The highest BCUT2D eigenvalue weighted by atomic mass is 32.2. The fraction of sp³-hybridized carbons (Fsp3) is 0. The number of carbonyl (C=O) groups excluding carboxylic acids is 1. The molecule has 1 aromatic carbocycles. The summed E-state index contributed by atoms with van der Waals surface area (Å²) in [5, 5.41) is 7.52. The molecule has 7 nitrogen and oxygen atoms in total. The number of primary sulfonamides is 1. The van der Waals surface area contributed by atoms with Gasteiger partial charge in [0.1, 0.15) is 11.2 Å². The summed E-state index contributed by atoms with van der Waals surface area (Å²) >= 11 is 0. The highest BCUT2D eigenvalue weighted by molar-refractivity contribution is 7.89. The molecule has 1 aromatic heterocycles. The van der Waals surface area contributed by atoms with Crippen LogP contribution < -0.4 is 10.5 Å². The molecule has 0 unspecified atom stereocenters. The maximum atomic E-state index is 11.9. The van der Waals surface area contributed by atoms with Gasteiger partial charge in [0, 0.05) is 12.4 Å². The molecule has 0 aliphatic heterocycles. The Morgan fingerprint density at radius 1 is 1.16 bits per heavy atom. The zero-order valence-corrected chi connectivity index (χ0v) is 10.5. The van der Waals surface area contributed by atoms with E-state index in [1.54, 1.807) is 6.07 Å². The lowest BCUT2D eigenvalue weighted by atomic mass is 10.3. The fourth-order valence-electron chi connectivity index (χ4n) is 1.43. The molecule has 0 aliphatic rings.